The molecule has 0 spiro atoms. The zero-order chi connectivity index (χ0) is 10.9. The Kier molecular flexibility index (Phi) is 2.70. The molecule has 0 aromatic carbocycles. The van der Waals surface area contributed by atoms with Gasteiger partial charge in [-0.3, -0.25) is 0 Å². The Labute approximate surface area is 88.7 Å². The molecule has 1 aliphatic heterocycles. The van der Waals surface area contributed by atoms with E-state index in [1.165, 1.54) is 0 Å². The molecule has 2 N–H and O–H groups in total. The van der Waals surface area contributed by atoms with Gasteiger partial charge in [0.15, 0.2) is 9.84 Å². The van der Waals surface area contributed by atoms with Crippen molar-refractivity contribution in [2.24, 2.45) is 5.73 Å². The number of hydrogen-bond donors (Lipinski definition) is 1. The Balaban J connectivity index is 2.30. The highest BCUT2D eigenvalue weighted by molar-refractivity contribution is 7.91. The van der Waals surface area contributed by atoms with Crippen LogP contribution in [0.1, 0.15) is 29.5 Å². The zero-order valence-corrected chi connectivity index (χ0v) is 9.07. The number of hydrogen-bond acceptors (Lipinski definition) is 5. The second kappa shape index (κ2) is 3.86. The zero-order valence-electron chi connectivity index (χ0n) is 8.26. The molecule has 2 heterocycles. The molecule has 2 rings (SSSR count). The molecule has 0 bridgehead atoms. The van der Waals surface area contributed by atoms with Gasteiger partial charge in [-0.1, -0.05) is 0 Å². The van der Waals surface area contributed by atoms with Gasteiger partial charge in [-0.25, -0.2) is 18.4 Å². The molecule has 1 aliphatic rings. The average Bonchev–Trinajstić information content (AvgIpc) is 2.58. The molecular weight excluding hydrogens is 214 g/mol. The van der Waals surface area contributed by atoms with Crippen LogP contribution in [0.2, 0.25) is 0 Å². The summed E-state index contributed by atoms with van der Waals surface area (Å²) in [6.45, 7) is 0.275. The third-order valence-electron chi connectivity index (χ3n) is 2.61. The molecule has 1 aromatic rings. The van der Waals surface area contributed by atoms with Crippen LogP contribution in [0.25, 0.3) is 0 Å². The average molecular weight is 227 g/mol. The van der Waals surface area contributed by atoms with Crippen molar-refractivity contribution in [1.29, 1.82) is 0 Å². The van der Waals surface area contributed by atoms with Gasteiger partial charge in [-0.2, -0.15) is 0 Å². The van der Waals surface area contributed by atoms with E-state index in [1.54, 1.807) is 12.4 Å². The third-order valence-corrected chi connectivity index (χ3v) is 4.84. The summed E-state index contributed by atoms with van der Waals surface area (Å²) in [5.74, 6) is 0.810. The van der Waals surface area contributed by atoms with Crippen LogP contribution in [0.4, 0.5) is 0 Å². The molecule has 1 aromatic heterocycles. The Bertz CT molecular complexity index is 441. The molecule has 1 saturated heterocycles. The van der Waals surface area contributed by atoms with Gasteiger partial charge in [0, 0.05) is 18.0 Å². The maximum atomic E-state index is 11.6. The van der Waals surface area contributed by atoms with Gasteiger partial charge in [-0.05, 0) is 12.8 Å². The quantitative estimate of drug-likeness (QED) is 0.779. The maximum absolute atomic E-state index is 11.6. The Morgan fingerprint density at radius 2 is 2.07 bits per heavy atom. The Hall–Kier alpha value is -1.01. The van der Waals surface area contributed by atoms with Crippen molar-refractivity contribution in [1.82, 2.24) is 9.97 Å². The van der Waals surface area contributed by atoms with Crippen LogP contribution < -0.4 is 5.73 Å². The number of nitrogens with two attached hydrogens (primary N) is 1. The molecule has 15 heavy (non-hydrogen) atoms. The fourth-order valence-electron chi connectivity index (χ4n) is 1.80. The van der Waals surface area contributed by atoms with Crippen molar-refractivity contribution in [3.8, 4) is 0 Å². The van der Waals surface area contributed by atoms with Crippen LogP contribution in [-0.2, 0) is 16.4 Å². The largest absolute Gasteiger partial charge is 0.324 e. The molecular formula is C9H13N3O2S. The number of rotatable bonds is 2. The first kappa shape index (κ1) is 10.5. The molecule has 0 aliphatic carbocycles. The van der Waals surface area contributed by atoms with Crippen LogP contribution in [-0.4, -0.2) is 24.1 Å². The lowest BCUT2D eigenvalue weighted by Gasteiger charge is -2.08. The van der Waals surface area contributed by atoms with E-state index in [4.69, 9.17) is 5.73 Å². The van der Waals surface area contributed by atoms with Gasteiger partial charge in [0.05, 0.1) is 17.5 Å². The summed E-state index contributed by atoms with van der Waals surface area (Å²) in [6.07, 6.45) is 4.55. The monoisotopic (exact) mass is 227 g/mol. The summed E-state index contributed by atoms with van der Waals surface area (Å²) in [7, 11) is -2.97. The standard InChI is InChI=1S/C9H13N3O2S/c10-4-9-11-5-7(6-12-9)8-2-1-3-15(8,13)14/h5-6,8H,1-4,10H2. The van der Waals surface area contributed by atoms with E-state index in [0.29, 0.717) is 17.8 Å². The highest BCUT2D eigenvalue weighted by atomic mass is 32.2. The minimum atomic E-state index is -2.97. The SMILES string of the molecule is NCc1ncc(C2CCCS2(=O)=O)cn1. The second-order valence-corrected chi connectivity index (χ2v) is 5.94. The van der Waals surface area contributed by atoms with Gasteiger partial charge >= 0.3 is 0 Å². The van der Waals surface area contributed by atoms with Crippen molar-refractivity contribution in [2.45, 2.75) is 24.6 Å². The van der Waals surface area contributed by atoms with Gasteiger partial charge in [0.1, 0.15) is 5.82 Å². The molecule has 0 amide bonds. The molecule has 6 heteroatoms. The predicted molar refractivity (Wildman–Crippen MR) is 55.7 cm³/mol. The van der Waals surface area contributed by atoms with Crippen LogP contribution in [0, 0.1) is 0 Å². The summed E-state index contributed by atoms with van der Waals surface area (Å²) in [5, 5.41) is -0.413. The Morgan fingerprint density at radius 1 is 1.40 bits per heavy atom. The topological polar surface area (TPSA) is 85.9 Å². The lowest BCUT2D eigenvalue weighted by atomic mass is 10.1. The molecule has 5 nitrogen and oxygen atoms in total. The van der Waals surface area contributed by atoms with Gasteiger partial charge in [0.25, 0.3) is 0 Å². The first-order valence-electron chi connectivity index (χ1n) is 4.86. The smallest absolute Gasteiger partial charge is 0.157 e. The molecule has 82 valence electrons. The summed E-state index contributed by atoms with van der Waals surface area (Å²) in [6, 6.07) is 0. The minimum Gasteiger partial charge on any atom is -0.324 e. The predicted octanol–water partition coefficient (Wildman–Crippen LogP) is 0.185. The van der Waals surface area contributed by atoms with E-state index in [-0.39, 0.29) is 12.3 Å². The van der Waals surface area contributed by atoms with Gasteiger partial charge in [-0.15, -0.1) is 0 Å². The number of nitrogens with zero attached hydrogens (tertiary/aromatic N) is 2. The number of aromatic nitrogens is 2. The van der Waals surface area contributed by atoms with Crippen molar-refractivity contribution in [2.75, 3.05) is 5.75 Å². The van der Waals surface area contributed by atoms with Crippen molar-refractivity contribution in [3.05, 3.63) is 23.8 Å². The summed E-state index contributed by atoms with van der Waals surface area (Å²) in [4.78, 5) is 8.01. The molecule has 1 fully saturated rings. The maximum Gasteiger partial charge on any atom is 0.157 e. The van der Waals surface area contributed by atoms with E-state index < -0.39 is 15.1 Å². The highest BCUT2D eigenvalue weighted by Crippen LogP contribution is 2.33. The van der Waals surface area contributed by atoms with Crippen molar-refractivity contribution >= 4 is 9.84 Å². The van der Waals surface area contributed by atoms with E-state index in [9.17, 15) is 8.42 Å². The first-order chi connectivity index (χ1) is 7.13. The molecule has 0 radical (unpaired) electrons. The number of sulfone groups is 1. The normalized spacial score (nSPS) is 24.2. The van der Waals surface area contributed by atoms with Crippen LogP contribution in [0.15, 0.2) is 12.4 Å². The van der Waals surface area contributed by atoms with Gasteiger partial charge in [0.2, 0.25) is 0 Å². The fraction of sp³-hybridized carbons (Fsp3) is 0.556. The minimum absolute atomic E-state index is 0.274. The van der Waals surface area contributed by atoms with Crippen LogP contribution in [0.5, 0.6) is 0 Å². The van der Waals surface area contributed by atoms with E-state index >= 15 is 0 Å². The van der Waals surface area contributed by atoms with Crippen LogP contribution in [0.3, 0.4) is 0 Å². The first-order valence-corrected chi connectivity index (χ1v) is 6.57. The second-order valence-electron chi connectivity index (χ2n) is 3.63. The summed E-state index contributed by atoms with van der Waals surface area (Å²) >= 11 is 0. The Morgan fingerprint density at radius 3 is 2.53 bits per heavy atom. The lowest BCUT2D eigenvalue weighted by Crippen LogP contribution is -2.10. The van der Waals surface area contributed by atoms with Crippen molar-refractivity contribution in [3.63, 3.8) is 0 Å². The lowest BCUT2D eigenvalue weighted by molar-refractivity contribution is 0.591. The fourth-order valence-corrected chi connectivity index (χ4v) is 3.72. The molecule has 1 atom stereocenters. The molecule has 0 saturated carbocycles. The van der Waals surface area contributed by atoms with E-state index in [1.807, 2.05) is 0 Å². The van der Waals surface area contributed by atoms with E-state index in [0.717, 1.165) is 6.42 Å². The van der Waals surface area contributed by atoms with E-state index in [2.05, 4.69) is 9.97 Å². The summed E-state index contributed by atoms with van der Waals surface area (Å²) in [5.41, 5.74) is 6.05. The van der Waals surface area contributed by atoms with Crippen molar-refractivity contribution < 1.29 is 8.42 Å². The molecule has 1 unspecified atom stereocenters. The third kappa shape index (κ3) is 2.00. The van der Waals surface area contributed by atoms with Crippen LogP contribution >= 0.6 is 0 Å². The summed E-state index contributed by atoms with van der Waals surface area (Å²) < 4.78 is 23.3. The van der Waals surface area contributed by atoms with Gasteiger partial charge < -0.3 is 5.73 Å². The highest BCUT2D eigenvalue weighted by Gasteiger charge is 2.32.